The van der Waals surface area contributed by atoms with Crippen LogP contribution in [0, 0.1) is 0 Å². The molecule has 0 spiro atoms. The Hall–Kier alpha value is 2.51. The van der Waals surface area contributed by atoms with Crippen molar-refractivity contribution in [3.63, 3.8) is 0 Å². The SMILES string of the molecule is Cl.O=P(O)(O)O.O=P(O)(O)O.[NaH].[NaH]. The van der Waals surface area contributed by atoms with Gasteiger partial charge in [-0.1, -0.05) is 0 Å². The van der Waals surface area contributed by atoms with Gasteiger partial charge in [0.25, 0.3) is 0 Å². The van der Waals surface area contributed by atoms with E-state index in [2.05, 4.69) is 0 Å². The van der Waals surface area contributed by atoms with Gasteiger partial charge in [0.05, 0.1) is 0 Å². The van der Waals surface area contributed by atoms with Crippen LogP contribution in [0.2, 0.25) is 0 Å². The fourth-order valence-corrected chi connectivity index (χ4v) is 0. The van der Waals surface area contributed by atoms with Crippen LogP contribution >= 0.6 is 28.1 Å². The van der Waals surface area contributed by atoms with E-state index in [1.54, 1.807) is 0 Å². The van der Waals surface area contributed by atoms with E-state index in [4.69, 9.17) is 38.5 Å². The topological polar surface area (TPSA) is 156 Å². The fraction of sp³-hybridized carbons (Fsp3) is 0. The molecule has 13 heteroatoms. The number of phosphoric acid groups is 2. The third-order valence-electron chi connectivity index (χ3n) is 0. The molecule has 0 aliphatic carbocycles. The zero-order chi connectivity index (χ0) is 9.00. The number of rotatable bonds is 0. The van der Waals surface area contributed by atoms with Gasteiger partial charge >= 0.3 is 74.8 Å². The molecule has 0 fully saturated rings. The van der Waals surface area contributed by atoms with Crippen LogP contribution in [0.4, 0.5) is 0 Å². The van der Waals surface area contributed by atoms with Crippen molar-refractivity contribution < 1.29 is 38.5 Å². The van der Waals surface area contributed by atoms with Gasteiger partial charge in [0, 0.05) is 0 Å². The molecule has 0 rings (SSSR count). The monoisotopic (exact) mass is 280 g/mol. The summed E-state index contributed by atoms with van der Waals surface area (Å²) in [7, 11) is -9.28. The molecule has 0 amide bonds. The molecule has 0 aliphatic rings. The Labute approximate surface area is 124 Å². The van der Waals surface area contributed by atoms with Crippen LogP contribution in [0.3, 0.4) is 0 Å². The summed E-state index contributed by atoms with van der Waals surface area (Å²) >= 11 is 0. The van der Waals surface area contributed by atoms with Crippen molar-refractivity contribution in [3.8, 4) is 0 Å². The van der Waals surface area contributed by atoms with Gasteiger partial charge < -0.3 is 29.4 Å². The van der Waals surface area contributed by atoms with Crippen LogP contribution in [0.1, 0.15) is 0 Å². The Morgan fingerprint density at radius 2 is 0.615 bits per heavy atom. The molecule has 6 N–H and O–H groups in total. The average Bonchev–Trinajstić information content (AvgIpc) is 1.12. The molecule has 0 aliphatic heterocycles. The van der Waals surface area contributed by atoms with Crippen molar-refractivity contribution >= 4 is 87.2 Å². The molecule has 76 valence electrons. The minimum absolute atomic E-state index is 0. The van der Waals surface area contributed by atoms with Crippen molar-refractivity contribution in [2.45, 2.75) is 0 Å². The van der Waals surface area contributed by atoms with Gasteiger partial charge in [0.1, 0.15) is 0 Å². The van der Waals surface area contributed by atoms with Gasteiger partial charge in [0.2, 0.25) is 0 Å². The quantitative estimate of drug-likeness (QED) is 0.206. The van der Waals surface area contributed by atoms with Crippen molar-refractivity contribution in [3.05, 3.63) is 0 Å². The first-order valence-corrected chi connectivity index (χ1v) is 4.70. The molecular weight excluding hydrogens is 271 g/mol. The van der Waals surface area contributed by atoms with Crippen LogP contribution in [-0.4, -0.2) is 88.5 Å². The van der Waals surface area contributed by atoms with Gasteiger partial charge in [-0.3, -0.25) is 0 Å². The van der Waals surface area contributed by atoms with Crippen molar-refractivity contribution in [1.82, 2.24) is 0 Å². The molecule has 0 aromatic carbocycles. The molecule has 0 atom stereocenters. The van der Waals surface area contributed by atoms with E-state index in [9.17, 15) is 0 Å². The average molecular weight is 280 g/mol. The summed E-state index contributed by atoms with van der Waals surface area (Å²) in [6.07, 6.45) is 0. The predicted molar refractivity (Wildman–Crippen MR) is 50.1 cm³/mol. The second kappa shape index (κ2) is 12.6. The van der Waals surface area contributed by atoms with E-state index in [-0.39, 0.29) is 71.5 Å². The summed E-state index contributed by atoms with van der Waals surface area (Å²) in [6.45, 7) is 0. The molecule has 13 heavy (non-hydrogen) atoms. The predicted octanol–water partition coefficient (Wildman–Crippen LogP) is -2.73. The zero-order valence-electron chi connectivity index (χ0n) is 4.80. The van der Waals surface area contributed by atoms with Crippen LogP contribution in [0.15, 0.2) is 0 Å². The van der Waals surface area contributed by atoms with Crippen molar-refractivity contribution in [2.24, 2.45) is 0 Å². The Bertz CT molecular complexity index is 132. The molecule has 0 radical (unpaired) electrons. The Morgan fingerprint density at radius 3 is 0.615 bits per heavy atom. The summed E-state index contributed by atoms with van der Waals surface area (Å²) in [5.74, 6) is 0. The maximum absolute atomic E-state index is 8.88. The molecule has 8 nitrogen and oxygen atoms in total. The zero-order valence-corrected chi connectivity index (χ0v) is 7.41. The number of hydrogen-bond donors (Lipinski definition) is 6. The van der Waals surface area contributed by atoms with Crippen LogP contribution in [-0.2, 0) is 9.13 Å². The molecule has 0 unspecified atom stereocenters. The van der Waals surface area contributed by atoms with Gasteiger partial charge in [-0.25, -0.2) is 9.13 Å². The minimum atomic E-state index is -4.64. The summed E-state index contributed by atoms with van der Waals surface area (Å²) < 4.78 is 17.8. The van der Waals surface area contributed by atoms with Gasteiger partial charge in [-0.15, -0.1) is 12.4 Å². The molecule has 0 heterocycles. The Kier molecular flexibility index (Phi) is 28.6. The first-order valence-electron chi connectivity index (χ1n) is 1.57. The third-order valence-corrected chi connectivity index (χ3v) is 0. The summed E-state index contributed by atoms with van der Waals surface area (Å²) in [5, 5.41) is 0. The van der Waals surface area contributed by atoms with Crippen LogP contribution in [0.25, 0.3) is 0 Å². The number of hydrogen-bond acceptors (Lipinski definition) is 2. The van der Waals surface area contributed by atoms with Gasteiger partial charge in [-0.05, 0) is 0 Å². The fourth-order valence-electron chi connectivity index (χ4n) is 0. The van der Waals surface area contributed by atoms with E-state index in [0.717, 1.165) is 0 Å². The van der Waals surface area contributed by atoms with E-state index >= 15 is 0 Å². The molecule has 0 saturated carbocycles. The van der Waals surface area contributed by atoms with Crippen molar-refractivity contribution in [2.75, 3.05) is 0 Å². The molecule has 0 aromatic heterocycles. The summed E-state index contributed by atoms with van der Waals surface area (Å²) in [6, 6.07) is 0. The Morgan fingerprint density at radius 1 is 0.615 bits per heavy atom. The van der Waals surface area contributed by atoms with Crippen molar-refractivity contribution in [1.29, 1.82) is 0 Å². The second-order valence-corrected chi connectivity index (χ2v) is 3.08. The molecule has 0 bridgehead atoms. The molecular formula is H9ClNa2O8P2. The normalized spacial score (nSPS) is 9.08. The van der Waals surface area contributed by atoms with E-state index in [1.807, 2.05) is 0 Å². The van der Waals surface area contributed by atoms with Crippen LogP contribution < -0.4 is 0 Å². The van der Waals surface area contributed by atoms with Gasteiger partial charge in [0.15, 0.2) is 0 Å². The van der Waals surface area contributed by atoms with E-state index in [1.165, 1.54) is 0 Å². The van der Waals surface area contributed by atoms with Gasteiger partial charge in [-0.2, -0.15) is 0 Å². The number of halogens is 1. The van der Waals surface area contributed by atoms with E-state index < -0.39 is 15.6 Å². The third kappa shape index (κ3) is 360. The molecule has 0 aromatic rings. The summed E-state index contributed by atoms with van der Waals surface area (Å²) in [4.78, 5) is 43.1. The maximum atomic E-state index is 8.88. The first kappa shape index (κ1) is 29.6. The van der Waals surface area contributed by atoms with Crippen LogP contribution in [0.5, 0.6) is 0 Å². The Balaban J connectivity index is -0.0000000267. The second-order valence-electron chi connectivity index (χ2n) is 1.03. The summed E-state index contributed by atoms with van der Waals surface area (Å²) in [5.41, 5.74) is 0. The standard InChI is InChI=1S/ClH.2Na.2H3O4P.2H/c;;;2*1-5(2,3)4;;/h1H;;;2*(H3,1,2,3,4);;. The van der Waals surface area contributed by atoms with E-state index in [0.29, 0.717) is 0 Å². The molecule has 0 saturated heterocycles. The first-order chi connectivity index (χ1) is 4.00.